The minimum absolute atomic E-state index is 0.0418. The van der Waals surface area contributed by atoms with Crippen LogP contribution in [0.25, 0.3) is 5.57 Å². The number of alkyl halides is 2. The lowest BCUT2D eigenvalue weighted by Gasteiger charge is -2.14. The summed E-state index contributed by atoms with van der Waals surface area (Å²) in [6.45, 7) is -2.46. The molecule has 1 aliphatic rings. The molecule has 0 aromatic heterocycles. The summed E-state index contributed by atoms with van der Waals surface area (Å²) in [7, 11) is 0. The summed E-state index contributed by atoms with van der Waals surface area (Å²) in [6.07, 6.45) is 0.513. The van der Waals surface area contributed by atoms with Crippen LogP contribution in [0, 0.1) is 11.2 Å². The lowest BCUT2D eigenvalue weighted by molar-refractivity contribution is 0.125. The second kappa shape index (κ2) is 7.14. The number of hydrogen-bond donors (Lipinski definition) is 3. The average molecular weight is 328 g/mol. The first kappa shape index (κ1) is 16.8. The summed E-state index contributed by atoms with van der Waals surface area (Å²) in [4.78, 5) is 12.9. The van der Waals surface area contributed by atoms with Gasteiger partial charge in [-0.05, 0) is 18.2 Å². The number of cyclic esters (lactones) is 1. The van der Waals surface area contributed by atoms with E-state index in [4.69, 9.17) is 15.9 Å². The molecule has 0 bridgehead atoms. The van der Waals surface area contributed by atoms with E-state index in [0.717, 1.165) is 18.5 Å². The number of hydrogen-bond acceptors (Lipinski definition) is 5. The van der Waals surface area contributed by atoms with E-state index in [1.54, 1.807) is 5.32 Å². The molecule has 2 rings (SSSR count). The highest BCUT2D eigenvalue weighted by atomic mass is 19.3. The largest absolute Gasteiger partial charge is 0.443 e. The SMILES string of the molecule is N=C/C(=C\NC(F)F)c1ccc(N2CC(CN)OC2=O)cc1F. The zero-order valence-electron chi connectivity index (χ0n) is 11.9. The lowest BCUT2D eigenvalue weighted by atomic mass is 10.1. The maximum absolute atomic E-state index is 14.2. The quantitative estimate of drug-likeness (QED) is 0.549. The molecule has 9 heteroatoms. The van der Waals surface area contributed by atoms with E-state index >= 15 is 0 Å². The summed E-state index contributed by atoms with van der Waals surface area (Å²) in [5.74, 6) is -0.752. The van der Waals surface area contributed by atoms with E-state index in [1.165, 1.54) is 17.0 Å². The smallest absolute Gasteiger partial charge is 0.414 e. The van der Waals surface area contributed by atoms with Gasteiger partial charge in [-0.2, -0.15) is 8.78 Å². The average Bonchev–Trinajstić information content (AvgIpc) is 2.90. The molecule has 0 aliphatic carbocycles. The lowest BCUT2D eigenvalue weighted by Crippen LogP contribution is -2.27. The van der Waals surface area contributed by atoms with Crippen LogP contribution < -0.4 is 16.0 Å². The monoisotopic (exact) mass is 328 g/mol. The fraction of sp³-hybridized carbons (Fsp3) is 0.286. The number of anilines is 1. The van der Waals surface area contributed by atoms with Crippen molar-refractivity contribution in [2.24, 2.45) is 5.73 Å². The molecule has 1 aromatic rings. The fourth-order valence-corrected chi connectivity index (χ4v) is 2.11. The molecule has 6 nitrogen and oxygen atoms in total. The first-order valence-electron chi connectivity index (χ1n) is 6.69. The van der Waals surface area contributed by atoms with Crippen molar-refractivity contribution in [1.29, 1.82) is 5.41 Å². The molecule has 0 saturated carbocycles. The zero-order valence-corrected chi connectivity index (χ0v) is 11.9. The van der Waals surface area contributed by atoms with E-state index in [1.807, 2.05) is 0 Å². The van der Waals surface area contributed by atoms with Crippen molar-refractivity contribution in [1.82, 2.24) is 5.32 Å². The Bertz CT molecular complexity index is 636. The summed E-state index contributed by atoms with van der Waals surface area (Å²) in [5.41, 5.74) is 5.59. The van der Waals surface area contributed by atoms with Gasteiger partial charge in [0, 0.05) is 30.1 Å². The van der Waals surface area contributed by atoms with Crippen LogP contribution in [0.5, 0.6) is 0 Å². The molecule has 1 unspecified atom stereocenters. The third kappa shape index (κ3) is 3.81. The van der Waals surface area contributed by atoms with E-state index in [0.29, 0.717) is 0 Å². The Labute approximate surface area is 130 Å². The molecule has 1 atom stereocenters. The molecular formula is C14H15F3N4O2. The molecule has 1 aliphatic heterocycles. The van der Waals surface area contributed by atoms with Crippen molar-refractivity contribution in [3.05, 3.63) is 35.8 Å². The second-order valence-corrected chi connectivity index (χ2v) is 4.73. The first-order valence-corrected chi connectivity index (χ1v) is 6.69. The van der Waals surface area contributed by atoms with Crippen molar-refractivity contribution in [2.45, 2.75) is 12.7 Å². The number of halogens is 3. The Morgan fingerprint density at radius 2 is 2.30 bits per heavy atom. The van der Waals surface area contributed by atoms with Crippen LogP contribution in [0.15, 0.2) is 24.4 Å². The molecular weight excluding hydrogens is 313 g/mol. The van der Waals surface area contributed by atoms with Crippen molar-refractivity contribution < 1.29 is 22.7 Å². The summed E-state index contributed by atoms with van der Waals surface area (Å²) < 4.78 is 43.5. The van der Waals surface area contributed by atoms with Crippen molar-refractivity contribution >= 4 is 23.6 Å². The van der Waals surface area contributed by atoms with Gasteiger partial charge in [0.15, 0.2) is 0 Å². The molecule has 1 saturated heterocycles. The van der Waals surface area contributed by atoms with Crippen molar-refractivity contribution in [2.75, 3.05) is 18.0 Å². The molecule has 124 valence electrons. The number of carbonyl (C=O) groups excluding carboxylic acids is 1. The van der Waals surface area contributed by atoms with Gasteiger partial charge >= 0.3 is 12.6 Å². The van der Waals surface area contributed by atoms with Gasteiger partial charge in [-0.3, -0.25) is 4.90 Å². The highest BCUT2D eigenvalue weighted by Gasteiger charge is 2.31. The molecule has 1 aromatic carbocycles. The number of nitrogens with zero attached hydrogens (tertiary/aromatic N) is 1. The van der Waals surface area contributed by atoms with Crippen LogP contribution in [0.1, 0.15) is 5.56 Å². The molecule has 23 heavy (non-hydrogen) atoms. The minimum Gasteiger partial charge on any atom is -0.443 e. The zero-order chi connectivity index (χ0) is 17.0. The van der Waals surface area contributed by atoms with Gasteiger partial charge in [-0.15, -0.1) is 0 Å². The third-order valence-corrected chi connectivity index (χ3v) is 3.23. The highest BCUT2D eigenvalue weighted by molar-refractivity contribution is 6.08. The van der Waals surface area contributed by atoms with Gasteiger partial charge in [0.25, 0.3) is 0 Å². The number of nitrogens with one attached hydrogen (secondary N) is 2. The molecule has 1 amide bonds. The Morgan fingerprint density at radius 3 is 2.83 bits per heavy atom. The summed E-state index contributed by atoms with van der Waals surface area (Å²) >= 11 is 0. The molecule has 1 fully saturated rings. The number of nitrogens with two attached hydrogens (primary N) is 1. The fourth-order valence-electron chi connectivity index (χ4n) is 2.11. The van der Waals surface area contributed by atoms with E-state index in [9.17, 15) is 18.0 Å². The van der Waals surface area contributed by atoms with Crippen LogP contribution in [0.4, 0.5) is 23.7 Å². The second-order valence-electron chi connectivity index (χ2n) is 4.73. The number of benzene rings is 1. The molecule has 0 spiro atoms. The maximum atomic E-state index is 14.2. The van der Waals surface area contributed by atoms with Gasteiger partial charge in [-0.25, -0.2) is 9.18 Å². The van der Waals surface area contributed by atoms with Crippen LogP contribution in [0.3, 0.4) is 0 Å². The molecule has 0 radical (unpaired) electrons. The predicted octanol–water partition coefficient (Wildman–Crippen LogP) is 1.91. The standard InChI is InChI=1S/C14H15F3N4O2/c15-12-3-9(21-7-10(5-19)23-14(21)22)1-2-11(12)8(4-18)6-20-13(16)17/h1-4,6,10,13,18,20H,5,7,19H2/b8-6+,18-4?. The number of ether oxygens (including phenoxy) is 1. The number of allylic oxidation sites excluding steroid dienone is 1. The van der Waals surface area contributed by atoms with Gasteiger partial charge in [0.05, 0.1) is 12.2 Å². The number of rotatable bonds is 6. The Kier molecular flexibility index (Phi) is 5.22. The Hall–Kier alpha value is -2.55. The minimum atomic E-state index is -2.82. The molecule has 1 heterocycles. The van der Waals surface area contributed by atoms with Crippen molar-refractivity contribution in [3.63, 3.8) is 0 Å². The van der Waals surface area contributed by atoms with Gasteiger partial charge in [-0.1, -0.05) is 0 Å². The topological polar surface area (TPSA) is 91.4 Å². The van der Waals surface area contributed by atoms with Crippen LogP contribution in [-0.4, -0.2) is 38.1 Å². The van der Waals surface area contributed by atoms with E-state index < -0.39 is 24.6 Å². The van der Waals surface area contributed by atoms with E-state index in [2.05, 4.69) is 0 Å². The van der Waals surface area contributed by atoms with Gasteiger partial charge < -0.3 is 21.2 Å². The number of carbonyl (C=O) groups is 1. The van der Waals surface area contributed by atoms with Crippen LogP contribution >= 0.6 is 0 Å². The normalized spacial score (nSPS) is 18.3. The summed E-state index contributed by atoms with van der Waals surface area (Å²) in [5, 5.41) is 8.90. The first-order chi connectivity index (χ1) is 11.0. The maximum Gasteiger partial charge on any atom is 0.414 e. The van der Waals surface area contributed by atoms with Crippen LogP contribution in [0.2, 0.25) is 0 Å². The Balaban J connectivity index is 2.25. The van der Waals surface area contributed by atoms with Gasteiger partial charge in [0.2, 0.25) is 0 Å². The van der Waals surface area contributed by atoms with Crippen LogP contribution in [-0.2, 0) is 4.74 Å². The van der Waals surface area contributed by atoms with Crippen molar-refractivity contribution in [3.8, 4) is 0 Å². The molecule has 4 N–H and O–H groups in total. The highest BCUT2D eigenvalue weighted by Crippen LogP contribution is 2.26. The van der Waals surface area contributed by atoms with E-state index in [-0.39, 0.29) is 29.9 Å². The third-order valence-electron chi connectivity index (χ3n) is 3.23. The predicted molar refractivity (Wildman–Crippen MR) is 79.0 cm³/mol. The summed E-state index contributed by atoms with van der Waals surface area (Å²) in [6, 6.07) is 3.82. The van der Waals surface area contributed by atoms with Gasteiger partial charge in [0.1, 0.15) is 11.9 Å². The number of amides is 1. The Morgan fingerprint density at radius 1 is 1.57 bits per heavy atom.